The van der Waals surface area contributed by atoms with Crippen LogP contribution in [0.25, 0.3) is 0 Å². The van der Waals surface area contributed by atoms with Crippen LogP contribution in [0.1, 0.15) is 16.2 Å². The second-order valence-corrected chi connectivity index (χ2v) is 5.74. The number of anilines is 3. The van der Waals surface area contributed by atoms with Crippen molar-refractivity contribution in [2.75, 3.05) is 18.2 Å². The number of rotatable bonds is 8. The van der Waals surface area contributed by atoms with Crippen LogP contribution >= 0.6 is 0 Å². The van der Waals surface area contributed by atoms with Gasteiger partial charge in [0.05, 0.1) is 12.7 Å². The van der Waals surface area contributed by atoms with Crippen LogP contribution in [-0.2, 0) is 11.3 Å². The summed E-state index contributed by atoms with van der Waals surface area (Å²) in [5.74, 6) is -0.721. The smallest absolute Gasteiger partial charge is 0.387 e. The van der Waals surface area contributed by atoms with Gasteiger partial charge in [0.15, 0.2) is 23.9 Å². The van der Waals surface area contributed by atoms with Gasteiger partial charge in [-0.3, -0.25) is 0 Å². The standard InChI is InChI=1S/C19H17F2N5O4/c1-28-14-9-11(7-8-13(14)30-17(20)21)16(27)29-10-15-24-18(22)26-19(25-15)23-12-5-3-2-4-6-12/h2-9,17H,10H2,1H3,(H3,22,23,24,25,26). The third-order valence-corrected chi connectivity index (χ3v) is 3.68. The van der Waals surface area contributed by atoms with E-state index in [4.69, 9.17) is 15.2 Å². The molecule has 0 bridgehead atoms. The fourth-order valence-corrected chi connectivity index (χ4v) is 2.41. The molecule has 3 N–H and O–H groups in total. The van der Waals surface area contributed by atoms with Crippen LogP contribution in [0, 0.1) is 0 Å². The number of halogens is 2. The topological polar surface area (TPSA) is 121 Å². The Morgan fingerprint density at radius 1 is 1.10 bits per heavy atom. The van der Waals surface area contributed by atoms with E-state index >= 15 is 0 Å². The van der Waals surface area contributed by atoms with Gasteiger partial charge in [-0.05, 0) is 30.3 Å². The summed E-state index contributed by atoms with van der Waals surface area (Å²) in [6, 6.07) is 12.8. The summed E-state index contributed by atoms with van der Waals surface area (Å²) in [5.41, 5.74) is 6.50. The van der Waals surface area contributed by atoms with E-state index < -0.39 is 12.6 Å². The zero-order chi connectivity index (χ0) is 21.5. The lowest BCUT2D eigenvalue weighted by molar-refractivity contribution is -0.0512. The van der Waals surface area contributed by atoms with Crippen molar-refractivity contribution in [3.8, 4) is 11.5 Å². The van der Waals surface area contributed by atoms with Gasteiger partial charge in [-0.2, -0.15) is 23.7 Å². The van der Waals surface area contributed by atoms with Crippen LogP contribution in [0.15, 0.2) is 48.5 Å². The van der Waals surface area contributed by atoms with E-state index in [1.807, 2.05) is 30.3 Å². The van der Waals surface area contributed by atoms with Crippen LogP contribution in [0.5, 0.6) is 11.5 Å². The van der Waals surface area contributed by atoms with E-state index in [1.165, 1.54) is 25.3 Å². The lowest BCUT2D eigenvalue weighted by atomic mass is 10.2. The first-order chi connectivity index (χ1) is 14.4. The fraction of sp³-hybridized carbons (Fsp3) is 0.158. The Morgan fingerprint density at radius 2 is 1.87 bits per heavy atom. The zero-order valence-corrected chi connectivity index (χ0v) is 15.7. The highest BCUT2D eigenvalue weighted by Gasteiger charge is 2.16. The fourth-order valence-electron chi connectivity index (χ4n) is 2.41. The first kappa shape index (κ1) is 20.7. The Kier molecular flexibility index (Phi) is 6.53. The molecule has 0 spiro atoms. The molecule has 3 aromatic rings. The van der Waals surface area contributed by atoms with Crippen molar-refractivity contribution in [1.82, 2.24) is 15.0 Å². The van der Waals surface area contributed by atoms with Crippen molar-refractivity contribution in [2.24, 2.45) is 0 Å². The van der Waals surface area contributed by atoms with Gasteiger partial charge in [0.1, 0.15) is 0 Å². The van der Waals surface area contributed by atoms with Gasteiger partial charge in [0, 0.05) is 5.69 Å². The Bertz CT molecular complexity index is 1020. The molecule has 0 amide bonds. The number of carbonyl (C=O) groups is 1. The minimum absolute atomic E-state index is 0.0384. The highest BCUT2D eigenvalue weighted by molar-refractivity contribution is 5.90. The third kappa shape index (κ3) is 5.50. The molecule has 0 saturated heterocycles. The van der Waals surface area contributed by atoms with E-state index in [0.29, 0.717) is 0 Å². The van der Waals surface area contributed by atoms with E-state index in [0.717, 1.165) is 5.69 Å². The molecule has 0 aliphatic heterocycles. The van der Waals surface area contributed by atoms with E-state index in [2.05, 4.69) is 25.0 Å². The number of nitrogens with one attached hydrogen (secondary N) is 1. The summed E-state index contributed by atoms with van der Waals surface area (Å²) in [6.45, 7) is -3.31. The molecule has 0 radical (unpaired) electrons. The van der Waals surface area contributed by atoms with Gasteiger partial charge in [-0.25, -0.2) is 4.79 Å². The van der Waals surface area contributed by atoms with Crippen LogP contribution in [-0.4, -0.2) is 34.6 Å². The SMILES string of the molecule is COc1cc(C(=O)OCc2nc(N)nc(Nc3ccccc3)n2)ccc1OC(F)F. The highest BCUT2D eigenvalue weighted by atomic mass is 19.3. The number of aromatic nitrogens is 3. The molecule has 11 heteroatoms. The normalized spacial score (nSPS) is 10.5. The average Bonchev–Trinajstić information content (AvgIpc) is 2.72. The highest BCUT2D eigenvalue weighted by Crippen LogP contribution is 2.29. The number of methoxy groups -OCH3 is 1. The quantitative estimate of drug-likeness (QED) is 0.532. The molecule has 0 fully saturated rings. The monoisotopic (exact) mass is 417 g/mol. The summed E-state index contributed by atoms with van der Waals surface area (Å²) in [5, 5.41) is 2.97. The predicted molar refractivity (Wildman–Crippen MR) is 103 cm³/mol. The molecule has 0 saturated carbocycles. The number of hydrogen-bond acceptors (Lipinski definition) is 9. The van der Waals surface area contributed by atoms with Gasteiger partial charge >= 0.3 is 12.6 Å². The molecular weight excluding hydrogens is 400 g/mol. The lowest BCUT2D eigenvalue weighted by Crippen LogP contribution is -2.11. The van der Waals surface area contributed by atoms with Crippen LogP contribution in [0.2, 0.25) is 0 Å². The van der Waals surface area contributed by atoms with Gasteiger partial charge in [-0.1, -0.05) is 18.2 Å². The maximum atomic E-state index is 12.4. The Hall–Kier alpha value is -4.02. The predicted octanol–water partition coefficient (Wildman–Crippen LogP) is 3.16. The molecule has 156 valence electrons. The lowest BCUT2D eigenvalue weighted by Gasteiger charge is -2.11. The van der Waals surface area contributed by atoms with Gasteiger partial charge < -0.3 is 25.3 Å². The molecule has 0 aliphatic rings. The molecule has 0 aliphatic carbocycles. The number of esters is 1. The number of ether oxygens (including phenoxy) is 3. The van der Waals surface area contributed by atoms with Gasteiger partial charge in [-0.15, -0.1) is 0 Å². The number of nitrogens with zero attached hydrogens (tertiary/aromatic N) is 3. The first-order valence-electron chi connectivity index (χ1n) is 8.57. The van der Waals surface area contributed by atoms with Gasteiger partial charge in [0.25, 0.3) is 0 Å². The number of hydrogen-bond donors (Lipinski definition) is 2. The molecule has 1 aromatic heterocycles. The van der Waals surface area contributed by atoms with Crippen molar-refractivity contribution in [3.05, 3.63) is 59.9 Å². The number of carbonyl (C=O) groups excluding carboxylic acids is 1. The zero-order valence-electron chi connectivity index (χ0n) is 15.7. The molecule has 3 rings (SSSR count). The van der Waals surface area contributed by atoms with Crippen molar-refractivity contribution >= 4 is 23.6 Å². The van der Waals surface area contributed by atoms with Crippen molar-refractivity contribution in [1.29, 1.82) is 0 Å². The minimum Gasteiger partial charge on any atom is -0.493 e. The molecule has 0 unspecified atom stereocenters. The molecule has 0 atom stereocenters. The summed E-state index contributed by atoms with van der Waals surface area (Å²) in [7, 11) is 1.26. The number of nitrogen functional groups attached to an aromatic ring is 1. The number of alkyl halides is 2. The van der Waals surface area contributed by atoms with E-state index in [-0.39, 0.29) is 41.4 Å². The molecule has 2 aromatic carbocycles. The second-order valence-electron chi connectivity index (χ2n) is 5.74. The Labute approximate surface area is 169 Å². The van der Waals surface area contributed by atoms with Crippen molar-refractivity contribution in [2.45, 2.75) is 13.2 Å². The number of nitrogens with two attached hydrogens (primary N) is 1. The first-order valence-corrected chi connectivity index (χ1v) is 8.57. The maximum absolute atomic E-state index is 12.4. The molecule has 30 heavy (non-hydrogen) atoms. The van der Waals surface area contributed by atoms with Crippen LogP contribution in [0.4, 0.5) is 26.4 Å². The average molecular weight is 417 g/mol. The summed E-state index contributed by atoms with van der Waals surface area (Å²) < 4.78 is 39.3. The second kappa shape index (κ2) is 9.45. The minimum atomic E-state index is -3.02. The number of benzene rings is 2. The van der Waals surface area contributed by atoms with Crippen LogP contribution < -0.4 is 20.5 Å². The maximum Gasteiger partial charge on any atom is 0.387 e. The largest absolute Gasteiger partial charge is 0.493 e. The molecule has 1 heterocycles. The summed E-state index contributed by atoms with van der Waals surface area (Å²) >= 11 is 0. The van der Waals surface area contributed by atoms with Crippen molar-refractivity contribution < 1.29 is 27.8 Å². The van der Waals surface area contributed by atoms with Crippen molar-refractivity contribution in [3.63, 3.8) is 0 Å². The third-order valence-electron chi connectivity index (χ3n) is 3.68. The molecular formula is C19H17F2N5O4. The Balaban J connectivity index is 1.68. The van der Waals surface area contributed by atoms with Crippen LogP contribution in [0.3, 0.4) is 0 Å². The van der Waals surface area contributed by atoms with E-state index in [9.17, 15) is 13.6 Å². The molecule has 9 nitrogen and oxygen atoms in total. The van der Waals surface area contributed by atoms with E-state index in [1.54, 1.807) is 0 Å². The summed E-state index contributed by atoms with van der Waals surface area (Å²) in [4.78, 5) is 24.4. The number of para-hydroxylation sites is 1. The summed E-state index contributed by atoms with van der Waals surface area (Å²) in [6.07, 6.45) is 0. The Morgan fingerprint density at radius 3 is 2.57 bits per heavy atom. The van der Waals surface area contributed by atoms with Gasteiger partial charge in [0.2, 0.25) is 11.9 Å².